The monoisotopic (exact) mass is 2110 g/mol. The number of carbonyl (C=O) groups excluding carboxylic acids is 5. The fraction of sp³-hybridized carbons (Fsp3) is 0.360. The van der Waals surface area contributed by atoms with E-state index < -0.39 is 83.4 Å². The number of para-hydroxylation sites is 5. The summed E-state index contributed by atoms with van der Waals surface area (Å²) in [5.74, 6) is -2.36. The van der Waals surface area contributed by atoms with Crippen LogP contribution in [0.15, 0.2) is 280 Å². The fourth-order valence-corrected chi connectivity index (χ4v) is 27.2. The van der Waals surface area contributed by atoms with E-state index >= 15 is 0 Å². The molecule has 756 valence electrons. The molecule has 11 aliphatic heterocycles. The first-order chi connectivity index (χ1) is 68.8. The molecule has 0 atom stereocenters. The molecule has 10 aromatic rings. The van der Waals surface area contributed by atoms with Gasteiger partial charge in [-0.1, -0.05) is 138 Å². The highest BCUT2D eigenvalue weighted by atomic mass is 35.5. The fourth-order valence-electron chi connectivity index (χ4n) is 18.6. The second-order valence-electron chi connectivity index (χ2n) is 36.1. The van der Waals surface area contributed by atoms with Gasteiger partial charge in [0.2, 0.25) is 86.4 Å². The van der Waals surface area contributed by atoms with Gasteiger partial charge in [0.25, 0.3) is 0 Å². The molecule has 21 rings (SSSR count). The smallest absolute Gasteiger partial charge is 0.246 e. The van der Waals surface area contributed by atoms with Crippen molar-refractivity contribution in [2.75, 3.05) is 228 Å². The van der Waals surface area contributed by atoms with Gasteiger partial charge in [-0.25, -0.2) is 50.9 Å². The molecular formula is C100H109Cl3F2N16O17S5. The second kappa shape index (κ2) is 44.9. The lowest BCUT2D eigenvalue weighted by molar-refractivity contribution is -0.140. The molecular weight excluding hydrogens is 2000 g/mol. The first-order valence-corrected chi connectivity index (χ1v) is 55.5. The Bertz CT molecular complexity index is 6680. The summed E-state index contributed by atoms with van der Waals surface area (Å²) >= 11 is 17.4. The number of anilines is 5. The number of fused-ring (bicyclic) bond motifs is 1. The number of nitrogens with zero attached hydrogens (tertiary/aromatic N) is 16. The summed E-state index contributed by atoms with van der Waals surface area (Å²) in [5.41, 5.74) is 5.75. The molecule has 0 aliphatic carbocycles. The van der Waals surface area contributed by atoms with E-state index in [1.165, 1.54) is 85.6 Å². The van der Waals surface area contributed by atoms with Gasteiger partial charge in [-0.05, 0) is 133 Å². The van der Waals surface area contributed by atoms with Gasteiger partial charge < -0.3 is 58.5 Å². The Morgan fingerprint density at radius 3 is 0.902 bits per heavy atom. The van der Waals surface area contributed by atoms with E-state index in [2.05, 4.69) is 65.9 Å². The summed E-state index contributed by atoms with van der Waals surface area (Å²) in [4.78, 5) is 87.6. The van der Waals surface area contributed by atoms with E-state index in [9.17, 15) is 74.8 Å². The average Bonchev–Trinajstić information content (AvgIpc) is 1.47. The van der Waals surface area contributed by atoms with Crippen molar-refractivity contribution in [3.63, 3.8) is 0 Å². The molecule has 5 amide bonds. The summed E-state index contributed by atoms with van der Waals surface area (Å²) in [5, 5.41) is 0.287. The van der Waals surface area contributed by atoms with E-state index in [4.69, 9.17) is 44.3 Å². The number of ether oxygens (including phenoxy) is 2. The van der Waals surface area contributed by atoms with Crippen LogP contribution in [0.2, 0.25) is 15.1 Å². The van der Waals surface area contributed by atoms with Gasteiger partial charge in [0.15, 0.2) is 17.3 Å². The lowest BCUT2D eigenvalue weighted by Gasteiger charge is -2.42. The third kappa shape index (κ3) is 23.5. The lowest BCUT2D eigenvalue weighted by atomic mass is 10.0. The Kier molecular flexibility index (Phi) is 32.3. The maximum Gasteiger partial charge on any atom is 0.246 e. The molecule has 43 heteroatoms. The van der Waals surface area contributed by atoms with Crippen LogP contribution in [-0.4, -0.2) is 326 Å². The Morgan fingerprint density at radius 1 is 0.280 bits per heavy atom. The molecule has 11 aliphatic rings. The summed E-state index contributed by atoms with van der Waals surface area (Å²) in [6.07, 6.45) is 2.88. The third-order valence-electron chi connectivity index (χ3n) is 27.3. The minimum Gasteiger partial charge on any atom is -0.454 e. The first kappa shape index (κ1) is 103. The van der Waals surface area contributed by atoms with E-state index in [1.54, 1.807) is 34.1 Å². The van der Waals surface area contributed by atoms with Gasteiger partial charge in [-0.2, -0.15) is 21.5 Å². The summed E-state index contributed by atoms with van der Waals surface area (Å²) in [6.45, 7) is 15.7. The van der Waals surface area contributed by atoms with Crippen molar-refractivity contribution in [2.45, 2.75) is 24.5 Å². The van der Waals surface area contributed by atoms with E-state index in [0.29, 0.717) is 82.0 Å². The molecule has 143 heavy (non-hydrogen) atoms. The van der Waals surface area contributed by atoms with Gasteiger partial charge >= 0.3 is 0 Å². The molecule has 12 heterocycles. The molecule has 1 aromatic heterocycles. The van der Waals surface area contributed by atoms with Crippen molar-refractivity contribution >= 4 is 143 Å². The van der Waals surface area contributed by atoms with Crippen LogP contribution in [0.25, 0.3) is 0 Å². The minimum atomic E-state index is -4.00. The van der Waals surface area contributed by atoms with Crippen LogP contribution in [0.5, 0.6) is 11.5 Å². The zero-order valence-corrected chi connectivity index (χ0v) is 84.4. The predicted octanol–water partition coefficient (Wildman–Crippen LogP) is 9.64. The number of hydrogen-bond donors (Lipinski definition) is 0. The molecule has 0 unspecified atom stereocenters. The van der Waals surface area contributed by atoms with Crippen LogP contribution >= 0.6 is 34.8 Å². The van der Waals surface area contributed by atoms with E-state index in [0.717, 1.165) is 109 Å². The Balaban J connectivity index is 0.000000123. The zero-order valence-electron chi connectivity index (χ0n) is 78.1. The lowest BCUT2D eigenvalue weighted by Crippen LogP contribution is -2.59. The SMILES string of the molecule is O=C(C1CN(S(=O)(=O)c2cc(Cl)ccc2F)C1)N1CCN(c2ccccc2)CC1.O=C(C1CN(S(=O)(=O)c2ccc3c(c2)OCO3)C1)N1CCN(c2ccccc2)CC1.O=C(C1CN(S(=O)(=O)c2cccc(Cl)c2)C1)N1CCN(c2ccccc2)CC1.O=C(C1CN(S(=O)(=O)c2cccc(Cl)c2F)C1)N1CCN(c2ccccc2)CC1.O=C(C1CN(S(=O)(=O)c2cccnc2)C1)N1CCN(c2ccccc2)CC1. The Labute approximate surface area is 847 Å². The standard InChI is InChI=1S/C21H23N3O5S.2C20H21ClFN3O3S.C20H22ClN3O3S.C19H22N4O3S/c25-21(23-10-8-22(9-11-23)17-4-2-1-3-5-17)16-13-24(14-16)30(26,27)18-6-7-19-20(12-18)29-15-28-19;21-17-7-4-8-18(19(17)22)29(27,28)25-13-15(14-25)20(26)24-11-9-23(10-12-24)16-5-2-1-3-6-16;21-16-6-7-18(22)19(12-16)29(27,28)25-13-15(14-25)20(26)24-10-8-23(9-11-24)17-4-2-1-3-5-17;21-17-5-4-8-19(13-17)28(26,27)24-14-16(15-24)20(25)23-11-9-22(10-12-23)18-6-2-1-3-7-18;24-19(22-11-9-21(10-12-22)17-5-2-1-3-6-17)16-14-23(15-16)27(25,26)18-7-4-8-20-13-18/h1-7,12,16H,8-11,13-15H2;1-8,15H,9-14H2;1-7,12,15H,8-11,13-14H2;1-8,13,16H,9-12,14-15H2;1-8,13,16H,9-12,14-15H2. The van der Waals surface area contributed by atoms with Crippen molar-refractivity contribution in [1.82, 2.24) is 51.0 Å². The number of sulfonamides is 5. The minimum absolute atomic E-state index is 0.0415. The maximum absolute atomic E-state index is 14.1. The van der Waals surface area contributed by atoms with Gasteiger partial charge in [0, 0.05) is 253 Å². The third-order valence-corrected chi connectivity index (χ3v) is 37.2. The molecule has 0 spiro atoms. The molecule has 0 saturated carbocycles. The van der Waals surface area contributed by atoms with Crippen LogP contribution in [0.3, 0.4) is 0 Å². The molecule has 9 aromatic carbocycles. The molecule has 0 N–H and O–H groups in total. The molecule has 0 radical (unpaired) electrons. The largest absolute Gasteiger partial charge is 0.454 e. The number of piperazine rings is 5. The summed E-state index contributed by atoms with van der Waals surface area (Å²) in [7, 11) is -18.8. The van der Waals surface area contributed by atoms with Crippen molar-refractivity contribution in [3.05, 3.63) is 282 Å². The van der Waals surface area contributed by atoms with Crippen LogP contribution < -0.4 is 34.0 Å². The van der Waals surface area contributed by atoms with Crippen LogP contribution in [0.1, 0.15) is 0 Å². The van der Waals surface area contributed by atoms with Crippen LogP contribution in [0.4, 0.5) is 37.2 Å². The topological polar surface area (TPSA) is 336 Å². The van der Waals surface area contributed by atoms with Gasteiger partial charge in [-0.3, -0.25) is 29.0 Å². The zero-order chi connectivity index (χ0) is 100. The summed E-state index contributed by atoms with van der Waals surface area (Å²) in [6, 6.07) is 71.8. The highest BCUT2D eigenvalue weighted by Gasteiger charge is 2.49. The molecule has 10 fully saturated rings. The number of rotatable bonds is 20. The number of pyridine rings is 1. The number of amides is 5. The normalized spacial score (nSPS) is 18.9. The van der Waals surface area contributed by atoms with Crippen molar-refractivity contribution in [3.8, 4) is 11.5 Å². The van der Waals surface area contributed by atoms with Gasteiger partial charge in [0.1, 0.15) is 20.5 Å². The maximum atomic E-state index is 14.1. The Morgan fingerprint density at radius 2 is 0.573 bits per heavy atom. The number of aromatic nitrogens is 1. The quantitative estimate of drug-likeness (QED) is 0.0685. The van der Waals surface area contributed by atoms with Crippen molar-refractivity contribution in [1.29, 1.82) is 0 Å². The van der Waals surface area contributed by atoms with Gasteiger partial charge in [-0.15, -0.1) is 0 Å². The number of halogens is 5. The van der Waals surface area contributed by atoms with E-state index in [1.807, 2.05) is 130 Å². The molecule has 10 saturated heterocycles. The number of carbonyl (C=O) groups is 5. The van der Waals surface area contributed by atoms with Crippen LogP contribution in [0, 0.1) is 41.2 Å². The highest BCUT2D eigenvalue weighted by molar-refractivity contribution is 7.90. The molecule has 0 bridgehead atoms. The van der Waals surface area contributed by atoms with Crippen molar-refractivity contribution in [2.24, 2.45) is 29.6 Å². The second-order valence-corrected chi connectivity index (χ2v) is 47.0. The highest BCUT2D eigenvalue weighted by Crippen LogP contribution is 2.39. The average molecular weight is 2110 g/mol. The number of benzene rings is 9. The molecule has 33 nitrogen and oxygen atoms in total. The Hall–Kier alpha value is -11.6. The van der Waals surface area contributed by atoms with Crippen LogP contribution in [-0.2, 0) is 74.1 Å². The first-order valence-electron chi connectivity index (χ1n) is 47.2. The van der Waals surface area contributed by atoms with E-state index in [-0.39, 0.29) is 144 Å². The van der Waals surface area contributed by atoms with Gasteiger partial charge in [0.05, 0.1) is 44.4 Å². The van der Waals surface area contributed by atoms with Crippen molar-refractivity contribution < 1.29 is 84.3 Å². The summed E-state index contributed by atoms with van der Waals surface area (Å²) < 4.78 is 171. The number of hydrogen-bond acceptors (Lipinski definition) is 23. The predicted molar refractivity (Wildman–Crippen MR) is 538 cm³/mol.